The molecular weight excluding hydrogens is 393 g/mol. The van der Waals surface area contributed by atoms with Crippen LogP contribution in [0.4, 0.5) is 13.2 Å². The number of nitrogens with zero attached hydrogens (tertiary/aromatic N) is 4. The van der Waals surface area contributed by atoms with Crippen LogP contribution < -0.4 is 0 Å². The molecule has 0 aliphatic carbocycles. The van der Waals surface area contributed by atoms with E-state index in [1.807, 2.05) is 18.7 Å². The molecule has 0 aromatic carbocycles. The number of aryl methyl sites for hydroxylation is 1. The molecule has 1 N–H and O–H groups in total. The molecule has 156 valence electrons. The topological polar surface area (TPSA) is 105 Å². The zero-order valence-electron chi connectivity index (χ0n) is 15.4. The van der Waals surface area contributed by atoms with Crippen molar-refractivity contribution in [1.82, 2.24) is 18.4 Å². The standard InChI is InChI=1S/C12H22N4O3S.C2HF3O2/c1-5-19-9-11-8-16(20(17,18)14(2)3)7-10-6-13-15(4)12(10)11;3-2(4,5)1(6)7/h6,11H,5,7-9H2,1-4H3;(H,6,7). The Morgan fingerprint density at radius 1 is 1.44 bits per heavy atom. The highest BCUT2D eigenvalue weighted by atomic mass is 32.2. The number of alkyl halides is 3. The van der Waals surface area contributed by atoms with Crippen LogP contribution in [0.15, 0.2) is 6.20 Å². The maximum atomic E-state index is 12.3. The average molecular weight is 416 g/mol. The van der Waals surface area contributed by atoms with Crippen molar-refractivity contribution in [2.45, 2.75) is 25.6 Å². The van der Waals surface area contributed by atoms with Gasteiger partial charge < -0.3 is 9.84 Å². The van der Waals surface area contributed by atoms with Crippen molar-refractivity contribution in [3.8, 4) is 0 Å². The van der Waals surface area contributed by atoms with Gasteiger partial charge in [0, 0.05) is 58.0 Å². The van der Waals surface area contributed by atoms with Gasteiger partial charge in [0.15, 0.2) is 0 Å². The van der Waals surface area contributed by atoms with Crippen molar-refractivity contribution in [3.05, 3.63) is 17.5 Å². The summed E-state index contributed by atoms with van der Waals surface area (Å²) in [6, 6.07) is 0. The first-order chi connectivity index (χ1) is 12.3. The van der Waals surface area contributed by atoms with Gasteiger partial charge >= 0.3 is 12.1 Å². The lowest BCUT2D eigenvalue weighted by Gasteiger charge is -2.33. The summed E-state index contributed by atoms with van der Waals surface area (Å²) in [5.74, 6) is -2.74. The van der Waals surface area contributed by atoms with Gasteiger partial charge in [0.1, 0.15) is 0 Å². The number of hydrogen-bond donors (Lipinski definition) is 1. The van der Waals surface area contributed by atoms with Gasteiger partial charge in [0.25, 0.3) is 10.2 Å². The number of carboxylic acid groups (broad SMARTS) is 1. The molecule has 0 saturated heterocycles. The van der Waals surface area contributed by atoms with Crippen molar-refractivity contribution in [3.63, 3.8) is 0 Å². The third-order valence-corrected chi connectivity index (χ3v) is 5.63. The van der Waals surface area contributed by atoms with E-state index >= 15 is 0 Å². The van der Waals surface area contributed by atoms with Crippen molar-refractivity contribution < 1.29 is 36.2 Å². The highest BCUT2D eigenvalue weighted by Gasteiger charge is 2.38. The Bertz CT molecular complexity index is 748. The summed E-state index contributed by atoms with van der Waals surface area (Å²) in [5, 5.41) is 11.4. The summed E-state index contributed by atoms with van der Waals surface area (Å²) in [6.45, 7) is 3.84. The number of aromatic nitrogens is 2. The molecular formula is C14H23F3N4O5S. The molecule has 13 heteroatoms. The first kappa shape index (κ1) is 23.3. The summed E-state index contributed by atoms with van der Waals surface area (Å²) >= 11 is 0. The molecule has 0 spiro atoms. The fourth-order valence-corrected chi connectivity index (χ4v) is 3.66. The van der Waals surface area contributed by atoms with Crippen LogP contribution in [-0.2, 0) is 33.3 Å². The van der Waals surface area contributed by atoms with E-state index in [9.17, 15) is 21.6 Å². The number of fused-ring (bicyclic) bond motifs is 1. The van der Waals surface area contributed by atoms with Gasteiger partial charge in [-0.05, 0) is 6.92 Å². The highest BCUT2D eigenvalue weighted by Crippen LogP contribution is 2.30. The molecule has 0 radical (unpaired) electrons. The zero-order chi connectivity index (χ0) is 21.0. The van der Waals surface area contributed by atoms with E-state index in [-0.39, 0.29) is 5.92 Å². The molecule has 0 fully saturated rings. The second-order valence-electron chi connectivity index (χ2n) is 5.92. The predicted octanol–water partition coefficient (Wildman–Crippen LogP) is 0.796. The molecule has 1 aromatic rings. The normalized spacial score (nSPS) is 18.0. The lowest BCUT2D eigenvalue weighted by molar-refractivity contribution is -0.192. The highest BCUT2D eigenvalue weighted by molar-refractivity contribution is 7.86. The first-order valence-electron chi connectivity index (χ1n) is 7.88. The Balaban J connectivity index is 0.000000445. The number of carbonyl (C=O) groups is 1. The summed E-state index contributed by atoms with van der Waals surface area (Å²) < 4.78 is 66.4. The van der Waals surface area contributed by atoms with Gasteiger partial charge in [0.05, 0.1) is 12.8 Å². The number of hydrogen-bond acceptors (Lipinski definition) is 5. The average Bonchev–Trinajstić information content (AvgIpc) is 2.93. The zero-order valence-corrected chi connectivity index (χ0v) is 16.2. The van der Waals surface area contributed by atoms with Gasteiger partial charge in [-0.25, -0.2) is 4.79 Å². The minimum absolute atomic E-state index is 0.0147. The van der Waals surface area contributed by atoms with E-state index in [0.29, 0.717) is 26.3 Å². The van der Waals surface area contributed by atoms with E-state index in [0.717, 1.165) is 11.3 Å². The minimum atomic E-state index is -5.08. The summed E-state index contributed by atoms with van der Waals surface area (Å²) in [6.07, 6.45) is -3.34. The van der Waals surface area contributed by atoms with Crippen LogP contribution in [-0.4, -0.2) is 77.9 Å². The van der Waals surface area contributed by atoms with Gasteiger partial charge in [-0.2, -0.15) is 35.3 Å². The molecule has 1 unspecified atom stereocenters. The lowest BCUT2D eigenvalue weighted by Crippen LogP contribution is -2.45. The van der Waals surface area contributed by atoms with Crippen molar-refractivity contribution in [1.29, 1.82) is 0 Å². The number of ether oxygens (including phenoxy) is 1. The Labute approximate surface area is 155 Å². The molecule has 1 aliphatic rings. The third kappa shape index (κ3) is 5.89. The molecule has 0 amide bonds. The number of halogens is 3. The predicted molar refractivity (Wildman–Crippen MR) is 89.1 cm³/mol. The Morgan fingerprint density at radius 3 is 2.44 bits per heavy atom. The van der Waals surface area contributed by atoms with Crippen LogP contribution >= 0.6 is 0 Å². The van der Waals surface area contributed by atoms with Gasteiger partial charge in [-0.3, -0.25) is 4.68 Å². The maximum absolute atomic E-state index is 12.3. The first-order valence-corrected chi connectivity index (χ1v) is 9.28. The molecule has 0 saturated carbocycles. The third-order valence-electron chi connectivity index (χ3n) is 3.78. The maximum Gasteiger partial charge on any atom is 0.490 e. The summed E-state index contributed by atoms with van der Waals surface area (Å²) in [5.41, 5.74) is 2.03. The van der Waals surface area contributed by atoms with E-state index < -0.39 is 22.4 Å². The SMILES string of the molecule is CCOCC1CN(S(=O)(=O)N(C)C)Cc2cnn(C)c21.O=C(O)C(F)(F)F. The Kier molecular flexibility index (Phi) is 7.77. The smallest absolute Gasteiger partial charge is 0.475 e. The largest absolute Gasteiger partial charge is 0.490 e. The monoisotopic (exact) mass is 416 g/mol. The fourth-order valence-electron chi connectivity index (χ4n) is 2.53. The number of rotatable bonds is 5. The molecule has 27 heavy (non-hydrogen) atoms. The molecule has 2 rings (SSSR count). The van der Waals surface area contributed by atoms with Crippen LogP contribution in [0.5, 0.6) is 0 Å². The lowest BCUT2D eigenvalue weighted by atomic mass is 9.99. The summed E-state index contributed by atoms with van der Waals surface area (Å²) in [7, 11) is 1.56. The Hall–Kier alpha value is -1.70. The van der Waals surface area contributed by atoms with Crippen LogP contribution in [0.1, 0.15) is 24.1 Å². The van der Waals surface area contributed by atoms with E-state index in [4.69, 9.17) is 14.6 Å². The number of aliphatic carboxylic acids is 1. The molecule has 1 aromatic heterocycles. The molecule has 1 atom stereocenters. The summed E-state index contributed by atoms with van der Waals surface area (Å²) in [4.78, 5) is 8.90. The molecule has 0 bridgehead atoms. The number of carboxylic acids is 1. The van der Waals surface area contributed by atoms with Crippen molar-refractivity contribution in [2.24, 2.45) is 7.05 Å². The van der Waals surface area contributed by atoms with E-state index in [1.165, 1.54) is 8.61 Å². The van der Waals surface area contributed by atoms with Crippen LogP contribution in [0.2, 0.25) is 0 Å². The molecule has 1 aliphatic heterocycles. The second kappa shape index (κ2) is 8.99. The van der Waals surface area contributed by atoms with Crippen LogP contribution in [0, 0.1) is 0 Å². The van der Waals surface area contributed by atoms with Crippen molar-refractivity contribution >= 4 is 16.2 Å². The van der Waals surface area contributed by atoms with Gasteiger partial charge in [-0.1, -0.05) is 0 Å². The van der Waals surface area contributed by atoms with E-state index in [1.54, 1.807) is 20.3 Å². The van der Waals surface area contributed by atoms with Crippen molar-refractivity contribution in [2.75, 3.05) is 33.9 Å². The van der Waals surface area contributed by atoms with Crippen LogP contribution in [0.25, 0.3) is 0 Å². The van der Waals surface area contributed by atoms with Gasteiger partial charge in [0.2, 0.25) is 0 Å². The minimum Gasteiger partial charge on any atom is -0.475 e. The van der Waals surface area contributed by atoms with E-state index in [2.05, 4.69) is 5.10 Å². The van der Waals surface area contributed by atoms with Crippen LogP contribution in [0.3, 0.4) is 0 Å². The fraction of sp³-hybridized carbons (Fsp3) is 0.714. The molecule has 2 heterocycles. The van der Waals surface area contributed by atoms with Gasteiger partial charge in [-0.15, -0.1) is 0 Å². The molecule has 9 nitrogen and oxygen atoms in total. The Morgan fingerprint density at radius 2 is 2.00 bits per heavy atom. The second-order valence-corrected chi connectivity index (χ2v) is 8.06. The quantitative estimate of drug-likeness (QED) is 0.761.